The number of hydrogen-bond donors (Lipinski definition) is 1. The normalized spacial score (nSPS) is 21.7. The van der Waals surface area contributed by atoms with E-state index in [-0.39, 0.29) is 30.1 Å². The summed E-state index contributed by atoms with van der Waals surface area (Å²) in [6.07, 6.45) is 1.94. The van der Waals surface area contributed by atoms with Crippen LogP contribution in [0.4, 0.5) is 0 Å². The maximum Gasteiger partial charge on any atom is 0.218 e. The van der Waals surface area contributed by atoms with Gasteiger partial charge in [-0.05, 0) is 11.6 Å². The van der Waals surface area contributed by atoms with Crippen LogP contribution in [0.5, 0.6) is 5.88 Å². The highest BCUT2D eigenvalue weighted by Gasteiger charge is 2.41. The van der Waals surface area contributed by atoms with E-state index in [0.717, 1.165) is 44.3 Å². The minimum atomic E-state index is 0. The van der Waals surface area contributed by atoms with Crippen molar-refractivity contribution < 1.29 is 9.47 Å². The molecule has 30 heavy (non-hydrogen) atoms. The van der Waals surface area contributed by atoms with Crippen molar-refractivity contribution >= 4 is 29.9 Å². The molecule has 1 aromatic heterocycles. The minimum absolute atomic E-state index is 0. The third kappa shape index (κ3) is 5.22. The Bertz CT molecular complexity index is 835. The van der Waals surface area contributed by atoms with Gasteiger partial charge in [0.25, 0.3) is 0 Å². The van der Waals surface area contributed by atoms with Crippen LogP contribution in [0.15, 0.2) is 53.7 Å². The number of halogens is 1. The largest absolute Gasteiger partial charge is 0.481 e. The van der Waals surface area contributed by atoms with Gasteiger partial charge in [0.05, 0.1) is 25.9 Å². The molecule has 0 spiro atoms. The van der Waals surface area contributed by atoms with Crippen molar-refractivity contribution in [3.63, 3.8) is 0 Å². The minimum Gasteiger partial charge on any atom is -0.481 e. The maximum absolute atomic E-state index is 6.10. The molecule has 162 valence electrons. The van der Waals surface area contributed by atoms with Crippen LogP contribution in [0.2, 0.25) is 0 Å². The molecule has 7 nitrogen and oxygen atoms in total. The Balaban J connectivity index is 0.00000256. The smallest absolute Gasteiger partial charge is 0.218 e. The number of aliphatic imine (C=N–C) groups is 1. The van der Waals surface area contributed by atoms with Gasteiger partial charge in [0.1, 0.15) is 0 Å². The van der Waals surface area contributed by atoms with Crippen molar-refractivity contribution in [3.8, 4) is 5.88 Å². The first kappa shape index (κ1) is 22.8. The van der Waals surface area contributed by atoms with Crippen LogP contribution >= 0.6 is 24.0 Å². The Hall–Kier alpha value is -1.91. The molecule has 2 aromatic rings. The number of benzene rings is 1. The van der Waals surface area contributed by atoms with Gasteiger partial charge in [0.15, 0.2) is 5.96 Å². The molecular formula is C22H30IN5O2. The topological polar surface area (TPSA) is 62.2 Å². The number of ether oxygens (including phenoxy) is 2. The van der Waals surface area contributed by atoms with Gasteiger partial charge in [-0.2, -0.15) is 0 Å². The molecule has 2 aliphatic heterocycles. The third-order valence-electron chi connectivity index (χ3n) is 5.64. The molecule has 0 bridgehead atoms. The van der Waals surface area contributed by atoms with Crippen LogP contribution < -0.4 is 10.1 Å². The van der Waals surface area contributed by atoms with E-state index in [9.17, 15) is 0 Å². The summed E-state index contributed by atoms with van der Waals surface area (Å²) in [5.41, 5.74) is 2.35. The van der Waals surface area contributed by atoms with Crippen molar-refractivity contribution in [2.75, 3.05) is 40.4 Å². The molecule has 0 aliphatic carbocycles. The Kier molecular flexibility index (Phi) is 8.29. The fraction of sp³-hybridized carbons (Fsp3) is 0.455. The average Bonchev–Trinajstić information content (AvgIpc) is 3.20. The average molecular weight is 523 g/mol. The fourth-order valence-electron chi connectivity index (χ4n) is 4.19. The van der Waals surface area contributed by atoms with Crippen molar-refractivity contribution in [1.29, 1.82) is 0 Å². The molecule has 1 N–H and O–H groups in total. The zero-order chi connectivity index (χ0) is 20.1. The maximum atomic E-state index is 6.10. The summed E-state index contributed by atoms with van der Waals surface area (Å²) in [6, 6.07) is 15.0. The zero-order valence-corrected chi connectivity index (χ0v) is 19.9. The second-order valence-corrected chi connectivity index (χ2v) is 7.41. The standard InChI is InChI=1S/C22H29N5O2.HI/c1-23-22(25-13-18-9-6-10-24-21(18)28-2)27-15-19-20(16-27)29-12-11-26(19)14-17-7-4-3-5-8-17;/h3-10,19-20H,11-16H2,1-2H3,(H,23,25);1H. The lowest BCUT2D eigenvalue weighted by atomic mass is 10.1. The molecule has 0 amide bonds. The monoisotopic (exact) mass is 523 g/mol. The molecular weight excluding hydrogens is 493 g/mol. The number of nitrogens with one attached hydrogen (secondary N) is 1. The van der Waals surface area contributed by atoms with Crippen LogP contribution in [0.3, 0.4) is 0 Å². The number of guanidine groups is 1. The number of fused-ring (bicyclic) bond motifs is 1. The van der Waals surface area contributed by atoms with E-state index in [0.29, 0.717) is 18.5 Å². The van der Waals surface area contributed by atoms with Gasteiger partial charge in [0, 0.05) is 51.5 Å². The van der Waals surface area contributed by atoms with Crippen LogP contribution in [-0.4, -0.2) is 73.3 Å². The summed E-state index contributed by atoms with van der Waals surface area (Å²) in [5.74, 6) is 1.52. The lowest BCUT2D eigenvalue weighted by Crippen LogP contribution is -2.50. The quantitative estimate of drug-likeness (QED) is 0.369. The van der Waals surface area contributed by atoms with Gasteiger partial charge >= 0.3 is 0 Å². The summed E-state index contributed by atoms with van der Waals surface area (Å²) in [5, 5.41) is 3.46. The van der Waals surface area contributed by atoms with Crippen molar-refractivity contribution in [2.45, 2.75) is 25.2 Å². The number of nitrogens with zero attached hydrogens (tertiary/aromatic N) is 4. The second-order valence-electron chi connectivity index (χ2n) is 7.41. The Morgan fingerprint density at radius 3 is 2.83 bits per heavy atom. The van der Waals surface area contributed by atoms with Gasteiger partial charge < -0.3 is 19.7 Å². The number of aromatic nitrogens is 1. The SMILES string of the molecule is CN=C(NCc1cccnc1OC)N1CC2OCCN(Cc3ccccc3)C2C1.I. The van der Waals surface area contributed by atoms with E-state index in [1.807, 2.05) is 19.2 Å². The predicted molar refractivity (Wildman–Crippen MR) is 128 cm³/mol. The highest BCUT2D eigenvalue weighted by molar-refractivity contribution is 14.0. The van der Waals surface area contributed by atoms with Crippen LogP contribution in [-0.2, 0) is 17.8 Å². The summed E-state index contributed by atoms with van der Waals surface area (Å²) in [7, 11) is 3.47. The predicted octanol–water partition coefficient (Wildman–Crippen LogP) is 2.37. The van der Waals surface area contributed by atoms with Gasteiger partial charge in [-0.15, -0.1) is 24.0 Å². The molecule has 4 rings (SSSR count). The first-order valence-corrected chi connectivity index (χ1v) is 10.1. The van der Waals surface area contributed by atoms with Crippen LogP contribution in [0, 0.1) is 0 Å². The first-order chi connectivity index (χ1) is 14.3. The van der Waals surface area contributed by atoms with E-state index < -0.39 is 0 Å². The number of methoxy groups -OCH3 is 1. The molecule has 2 saturated heterocycles. The van der Waals surface area contributed by atoms with E-state index in [1.165, 1.54) is 5.56 Å². The number of likely N-dealkylation sites (tertiary alicyclic amines) is 1. The van der Waals surface area contributed by atoms with E-state index in [4.69, 9.17) is 9.47 Å². The van der Waals surface area contributed by atoms with E-state index in [2.05, 4.69) is 55.4 Å². The number of hydrogen-bond acceptors (Lipinski definition) is 5. The summed E-state index contributed by atoms with van der Waals surface area (Å²) in [4.78, 5) is 13.6. The lowest BCUT2D eigenvalue weighted by molar-refractivity contribution is -0.0502. The molecule has 2 aliphatic rings. The summed E-state index contributed by atoms with van der Waals surface area (Å²) < 4.78 is 11.5. The highest BCUT2D eigenvalue weighted by Crippen LogP contribution is 2.25. The van der Waals surface area contributed by atoms with E-state index in [1.54, 1.807) is 13.3 Å². The van der Waals surface area contributed by atoms with Gasteiger partial charge in [-0.3, -0.25) is 9.89 Å². The van der Waals surface area contributed by atoms with Crippen molar-refractivity contribution in [3.05, 3.63) is 59.8 Å². The van der Waals surface area contributed by atoms with Crippen LogP contribution in [0.1, 0.15) is 11.1 Å². The summed E-state index contributed by atoms with van der Waals surface area (Å²) >= 11 is 0. The van der Waals surface area contributed by atoms with Crippen molar-refractivity contribution in [1.82, 2.24) is 20.1 Å². The molecule has 2 unspecified atom stereocenters. The number of rotatable bonds is 5. The molecule has 0 radical (unpaired) electrons. The molecule has 2 atom stereocenters. The lowest BCUT2D eigenvalue weighted by Gasteiger charge is -2.36. The van der Waals surface area contributed by atoms with Gasteiger partial charge in [-0.25, -0.2) is 4.98 Å². The molecule has 2 fully saturated rings. The Labute approximate surface area is 195 Å². The molecule has 3 heterocycles. The third-order valence-corrected chi connectivity index (χ3v) is 5.64. The fourth-order valence-corrected chi connectivity index (χ4v) is 4.19. The summed E-state index contributed by atoms with van der Waals surface area (Å²) in [6.45, 7) is 5.06. The number of morpholine rings is 1. The Morgan fingerprint density at radius 1 is 1.23 bits per heavy atom. The molecule has 8 heteroatoms. The van der Waals surface area contributed by atoms with Gasteiger partial charge in [0.2, 0.25) is 5.88 Å². The Morgan fingerprint density at radius 2 is 2.07 bits per heavy atom. The second kappa shape index (κ2) is 10.9. The van der Waals surface area contributed by atoms with Gasteiger partial charge in [-0.1, -0.05) is 36.4 Å². The van der Waals surface area contributed by atoms with Crippen molar-refractivity contribution in [2.24, 2.45) is 4.99 Å². The molecule has 1 aromatic carbocycles. The van der Waals surface area contributed by atoms with E-state index >= 15 is 0 Å². The molecule has 0 saturated carbocycles. The van der Waals surface area contributed by atoms with Crippen LogP contribution in [0.25, 0.3) is 0 Å². The number of pyridine rings is 1. The highest BCUT2D eigenvalue weighted by atomic mass is 127. The first-order valence-electron chi connectivity index (χ1n) is 10.1. The zero-order valence-electron chi connectivity index (χ0n) is 17.5.